The predicted molar refractivity (Wildman–Crippen MR) is 138 cm³/mol. The number of esters is 2. The van der Waals surface area contributed by atoms with Gasteiger partial charge in [0.15, 0.2) is 11.9 Å². The molecule has 2 heterocycles. The molecule has 1 atom stereocenters. The van der Waals surface area contributed by atoms with E-state index in [4.69, 9.17) is 9.47 Å². The number of ether oxygens (including phenoxy) is 2. The summed E-state index contributed by atoms with van der Waals surface area (Å²) in [5.74, 6) is -2.00. The van der Waals surface area contributed by atoms with Crippen LogP contribution in [0.15, 0.2) is 58.2 Å². The van der Waals surface area contributed by atoms with Crippen molar-refractivity contribution in [3.05, 3.63) is 86.5 Å². The van der Waals surface area contributed by atoms with Gasteiger partial charge in [0.25, 0.3) is 15.6 Å². The molecule has 2 N–H and O–H groups in total. The van der Waals surface area contributed by atoms with Crippen LogP contribution in [0, 0.1) is 12.7 Å². The number of aryl methyl sites for hydroxylation is 1. The van der Waals surface area contributed by atoms with E-state index in [1.165, 1.54) is 31.2 Å². The first-order valence-electron chi connectivity index (χ1n) is 11.3. The SMILES string of the molecule is CCOC(=O)c1sc2nc([C@H](C)OC(=O)c3ccccc3NS(=O)(=O)c3ccc(F)cc3)[nH]c(=O)c2c1C. The second-order valence-corrected chi connectivity index (χ2v) is 10.7. The van der Waals surface area contributed by atoms with Crippen LogP contribution in [-0.4, -0.2) is 36.9 Å². The van der Waals surface area contributed by atoms with E-state index in [1.54, 1.807) is 13.8 Å². The van der Waals surface area contributed by atoms with Crippen LogP contribution in [-0.2, 0) is 19.5 Å². The number of rotatable bonds is 8. The normalized spacial score (nSPS) is 12.2. The molecule has 0 aliphatic carbocycles. The van der Waals surface area contributed by atoms with Gasteiger partial charge in [-0.2, -0.15) is 0 Å². The van der Waals surface area contributed by atoms with Crippen molar-refractivity contribution in [1.82, 2.24) is 9.97 Å². The fourth-order valence-electron chi connectivity index (χ4n) is 3.59. The maximum absolute atomic E-state index is 13.2. The molecule has 0 fully saturated rings. The van der Waals surface area contributed by atoms with Crippen LogP contribution in [0.3, 0.4) is 0 Å². The second-order valence-electron chi connectivity index (χ2n) is 8.06. The number of sulfonamides is 1. The summed E-state index contributed by atoms with van der Waals surface area (Å²) in [6.07, 6.45) is -1.03. The first-order valence-corrected chi connectivity index (χ1v) is 13.6. The molecule has 10 nitrogen and oxygen atoms in total. The highest BCUT2D eigenvalue weighted by Crippen LogP contribution is 2.29. The fourth-order valence-corrected chi connectivity index (χ4v) is 5.75. The van der Waals surface area contributed by atoms with E-state index < -0.39 is 39.4 Å². The van der Waals surface area contributed by atoms with Crippen LogP contribution in [0.4, 0.5) is 10.1 Å². The van der Waals surface area contributed by atoms with Crippen molar-refractivity contribution in [1.29, 1.82) is 0 Å². The molecule has 38 heavy (non-hydrogen) atoms. The third-order valence-electron chi connectivity index (χ3n) is 5.46. The van der Waals surface area contributed by atoms with Crippen molar-refractivity contribution in [2.45, 2.75) is 31.8 Å². The van der Waals surface area contributed by atoms with Gasteiger partial charge in [-0.05, 0) is 62.7 Å². The van der Waals surface area contributed by atoms with E-state index in [9.17, 15) is 27.2 Å². The maximum atomic E-state index is 13.2. The van der Waals surface area contributed by atoms with Crippen molar-refractivity contribution >= 4 is 49.2 Å². The Morgan fingerprint density at radius 3 is 2.50 bits per heavy atom. The number of carbonyl (C=O) groups is 2. The van der Waals surface area contributed by atoms with Crippen molar-refractivity contribution < 1.29 is 31.9 Å². The van der Waals surface area contributed by atoms with Crippen molar-refractivity contribution in [2.75, 3.05) is 11.3 Å². The number of thiophene rings is 1. The van der Waals surface area contributed by atoms with Gasteiger partial charge in [-0.1, -0.05) is 12.1 Å². The number of nitrogens with one attached hydrogen (secondary N) is 2. The number of benzene rings is 2. The molecule has 0 spiro atoms. The van der Waals surface area contributed by atoms with E-state index in [2.05, 4.69) is 14.7 Å². The Bertz CT molecular complexity index is 1700. The van der Waals surface area contributed by atoms with Crippen LogP contribution in [0.25, 0.3) is 10.2 Å². The Hall–Kier alpha value is -4.10. The number of hydrogen-bond acceptors (Lipinski definition) is 9. The summed E-state index contributed by atoms with van der Waals surface area (Å²) in [4.78, 5) is 45.3. The lowest BCUT2D eigenvalue weighted by atomic mass is 10.2. The zero-order valence-electron chi connectivity index (χ0n) is 20.4. The zero-order chi connectivity index (χ0) is 27.6. The number of nitrogens with zero attached hydrogens (tertiary/aromatic N) is 1. The van der Waals surface area contributed by atoms with Gasteiger partial charge in [-0.3, -0.25) is 9.52 Å². The van der Waals surface area contributed by atoms with E-state index in [0.717, 1.165) is 35.6 Å². The van der Waals surface area contributed by atoms with Gasteiger partial charge < -0.3 is 14.5 Å². The van der Waals surface area contributed by atoms with Crippen LogP contribution >= 0.6 is 11.3 Å². The van der Waals surface area contributed by atoms with Crippen LogP contribution in [0.5, 0.6) is 0 Å². The smallest absolute Gasteiger partial charge is 0.348 e. The predicted octanol–water partition coefficient (Wildman–Crippen LogP) is 4.33. The molecule has 0 aliphatic rings. The first-order chi connectivity index (χ1) is 18.0. The molecule has 198 valence electrons. The van der Waals surface area contributed by atoms with Gasteiger partial charge in [0.05, 0.1) is 28.1 Å². The quantitative estimate of drug-likeness (QED) is 0.304. The van der Waals surface area contributed by atoms with E-state index in [0.29, 0.717) is 5.56 Å². The Kier molecular flexibility index (Phi) is 7.60. The van der Waals surface area contributed by atoms with E-state index >= 15 is 0 Å². The van der Waals surface area contributed by atoms with Gasteiger partial charge in [0.1, 0.15) is 15.5 Å². The fraction of sp³-hybridized carbons (Fsp3) is 0.200. The highest BCUT2D eigenvalue weighted by molar-refractivity contribution is 7.92. The molecular weight excluding hydrogens is 537 g/mol. The summed E-state index contributed by atoms with van der Waals surface area (Å²) in [7, 11) is -4.13. The average Bonchev–Trinajstić information content (AvgIpc) is 3.21. The van der Waals surface area contributed by atoms with Gasteiger partial charge in [-0.25, -0.2) is 27.4 Å². The molecule has 0 unspecified atom stereocenters. The molecule has 4 rings (SSSR count). The minimum atomic E-state index is -4.13. The minimum absolute atomic E-state index is 0.0388. The molecule has 0 saturated carbocycles. The van der Waals surface area contributed by atoms with Gasteiger partial charge in [0.2, 0.25) is 0 Å². The van der Waals surface area contributed by atoms with Crippen LogP contribution < -0.4 is 10.3 Å². The molecule has 0 saturated heterocycles. The number of anilines is 1. The topological polar surface area (TPSA) is 145 Å². The molecule has 0 amide bonds. The number of aromatic amines is 1. The van der Waals surface area contributed by atoms with Crippen molar-refractivity contribution in [3.8, 4) is 0 Å². The van der Waals surface area contributed by atoms with E-state index in [1.807, 2.05) is 0 Å². The number of carbonyl (C=O) groups excluding carboxylic acids is 2. The number of para-hydroxylation sites is 1. The molecule has 13 heteroatoms. The molecule has 0 bridgehead atoms. The third-order valence-corrected chi connectivity index (χ3v) is 8.01. The van der Waals surface area contributed by atoms with Gasteiger partial charge >= 0.3 is 11.9 Å². The Labute approximate surface area is 220 Å². The lowest BCUT2D eigenvalue weighted by Gasteiger charge is -2.15. The van der Waals surface area contributed by atoms with Crippen molar-refractivity contribution in [2.24, 2.45) is 0 Å². The summed E-state index contributed by atoms with van der Waals surface area (Å²) in [6.45, 7) is 4.96. The highest BCUT2D eigenvalue weighted by Gasteiger charge is 2.24. The number of aromatic nitrogens is 2. The average molecular weight is 560 g/mol. The lowest BCUT2D eigenvalue weighted by molar-refractivity contribution is 0.0321. The second kappa shape index (κ2) is 10.7. The number of fused-ring (bicyclic) bond motifs is 1. The highest BCUT2D eigenvalue weighted by atomic mass is 32.2. The molecule has 0 radical (unpaired) electrons. The Morgan fingerprint density at radius 1 is 1.13 bits per heavy atom. The van der Waals surface area contributed by atoms with Gasteiger partial charge in [-0.15, -0.1) is 11.3 Å². The number of halogens is 1. The molecule has 4 aromatic rings. The summed E-state index contributed by atoms with van der Waals surface area (Å²) in [6, 6.07) is 9.99. The molecule has 0 aliphatic heterocycles. The van der Waals surface area contributed by atoms with Gasteiger partial charge in [0, 0.05) is 0 Å². The third kappa shape index (κ3) is 5.43. The molecular formula is C25H22FN3O7S2. The minimum Gasteiger partial charge on any atom is -0.462 e. The monoisotopic (exact) mass is 559 g/mol. The van der Waals surface area contributed by atoms with E-state index in [-0.39, 0.29) is 43.7 Å². The summed E-state index contributed by atoms with van der Waals surface area (Å²) >= 11 is 0.994. The number of H-pyrrole nitrogens is 1. The Balaban J connectivity index is 1.59. The number of hydrogen-bond donors (Lipinski definition) is 2. The molecule has 2 aromatic heterocycles. The maximum Gasteiger partial charge on any atom is 0.348 e. The summed E-state index contributed by atoms with van der Waals surface area (Å²) in [5, 5.41) is 0.237. The largest absolute Gasteiger partial charge is 0.462 e. The molecule has 2 aromatic carbocycles. The first kappa shape index (κ1) is 26.9. The van der Waals surface area contributed by atoms with Crippen molar-refractivity contribution in [3.63, 3.8) is 0 Å². The standard InChI is InChI=1S/C25H22FN3O7S2/c1-4-35-25(32)20-13(2)19-22(30)27-21(28-23(19)37-20)14(3)36-24(31)17-7-5-6-8-18(17)29-38(33,34)16-11-9-15(26)10-12-16/h5-12,14,29H,4H2,1-3H3,(H,27,28,30)/t14-/m0/s1. The summed E-state index contributed by atoms with van der Waals surface area (Å²) < 4.78 is 51.5. The lowest BCUT2D eigenvalue weighted by Crippen LogP contribution is -2.19. The van der Waals surface area contributed by atoms with Crippen LogP contribution in [0.1, 0.15) is 51.4 Å². The Morgan fingerprint density at radius 2 is 1.82 bits per heavy atom. The van der Waals surface area contributed by atoms with Crippen LogP contribution in [0.2, 0.25) is 0 Å². The zero-order valence-corrected chi connectivity index (χ0v) is 22.0. The summed E-state index contributed by atoms with van der Waals surface area (Å²) in [5.41, 5.74) is -0.218.